The maximum absolute atomic E-state index is 13.4. The predicted molar refractivity (Wildman–Crippen MR) is 81.6 cm³/mol. The second-order valence-corrected chi connectivity index (χ2v) is 5.61. The molecule has 0 aliphatic carbocycles. The van der Waals surface area contributed by atoms with E-state index in [1.54, 1.807) is 0 Å². The van der Waals surface area contributed by atoms with Crippen LogP contribution in [0.1, 0.15) is 30.1 Å². The summed E-state index contributed by atoms with van der Waals surface area (Å²) in [4.78, 5) is 12.1. The van der Waals surface area contributed by atoms with E-state index in [9.17, 15) is 9.18 Å². The van der Waals surface area contributed by atoms with E-state index in [1.165, 1.54) is 6.07 Å². The third kappa shape index (κ3) is 4.22. The molecule has 2 unspecified atom stereocenters. The van der Waals surface area contributed by atoms with Crippen molar-refractivity contribution < 1.29 is 9.18 Å². The number of amides is 1. The third-order valence-corrected chi connectivity index (χ3v) is 3.82. The summed E-state index contributed by atoms with van der Waals surface area (Å²) in [6.45, 7) is 2.92. The molecule has 0 bridgehead atoms. The molecule has 1 aromatic rings. The van der Waals surface area contributed by atoms with E-state index in [0.29, 0.717) is 6.04 Å². The minimum Gasteiger partial charge on any atom is -0.349 e. The molecule has 1 aliphatic heterocycles. The van der Waals surface area contributed by atoms with Crippen molar-refractivity contribution in [1.29, 1.82) is 0 Å². The summed E-state index contributed by atoms with van der Waals surface area (Å²) < 4.78 is 13.4. The normalized spacial score (nSPS) is 22.0. The number of rotatable bonds is 2. The van der Waals surface area contributed by atoms with E-state index in [0.717, 1.165) is 25.5 Å². The molecule has 1 saturated heterocycles. The lowest BCUT2D eigenvalue weighted by Gasteiger charge is -2.28. The average Bonchev–Trinajstić information content (AvgIpc) is 2.33. The molecule has 1 fully saturated rings. The van der Waals surface area contributed by atoms with E-state index >= 15 is 0 Å². The van der Waals surface area contributed by atoms with Gasteiger partial charge < -0.3 is 10.6 Å². The minimum atomic E-state index is -0.644. The molecule has 112 valence electrons. The first-order valence-corrected chi connectivity index (χ1v) is 6.91. The van der Waals surface area contributed by atoms with Crippen LogP contribution in [0.2, 0.25) is 10.0 Å². The summed E-state index contributed by atoms with van der Waals surface area (Å²) in [5, 5.41) is 6.25. The van der Waals surface area contributed by atoms with Gasteiger partial charge in [0.2, 0.25) is 0 Å². The zero-order chi connectivity index (χ0) is 14.0. The summed E-state index contributed by atoms with van der Waals surface area (Å²) in [5.41, 5.74) is 0.120. The van der Waals surface area contributed by atoms with E-state index in [-0.39, 0.29) is 40.0 Å². The highest BCUT2D eigenvalue weighted by Gasteiger charge is 2.22. The molecule has 2 N–H and O–H groups in total. The molecule has 20 heavy (non-hydrogen) atoms. The van der Waals surface area contributed by atoms with Crippen LogP contribution in [0.3, 0.4) is 0 Å². The second-order valence-electron chi connectivity index (χ2n) is 4.80. The van der Waals surface area contributed by atoms with Crippen molar-refractivity contribution in [3.05, 3.63) is 33.6 Å². The molecule has 3 nitrogen and oxygen atoms in total. The number of benzene rings is 1. The fourth-order valence-corrected chi connectivity index (χ4v) is 2.69. The number of hydrogen-bond donors (Lipinski definition) is 2. The SMILES string of the molecule is CC1CC(NC(=O)c2cc(F)c(Cl)cc2Cl)CCN1.Cl. The Bertz CT molecular complexity index is 499. The molecular formula is C13H16Cl3FN2O. The van der Waals surface area contributed by atoms with Crippen LogP contribution in [0.5, 0.6) is 0 Å². The van der Waals surface area contributed by atoms with Gasteiger partial charge in [-0.2, -0.15) is 0 Å². The zero-order valence-electron chi connectivity index (χ0n) is 10.9. The van der Waals surface area contributed by atoms with E-state index < -0.39 is 5.82 Å². The number of halogens is 4. The summed E-state index contributed by atoms with van der Waals surface area (Å²) in [7, 11) is 0. The van der Waals surface area contributed by atoms with Crippen molar-refractivity contribution in [2.45, 2.75) is 31.8 Å². The Morgan fingerprint density at radius 2 is 2.10 bits per heavy atom. The van der Waals surface area contributed by atoms with Crippen molar-refractivity contribution in [2.75, 3.05) is 6.54 Å². The van der Waals surface area contributed by atoms with Gasteiger partial charge in [-0.1, -0.05) is 23.2 Å². The van der Waals surface area contributed by atoms with Gasteiger partial charge in [0.1, 0.15) is 5.82 Å². The standard InChI is InChI=1S/C13H15Cl2FN2O.ClH/c1-7-4-8(2-3-17-7)18-13(19)9-5-12(16)11(15)6-10(9)14;/h5-8,17H,2-4H2,1H3,(H,18,19);1H. The van der Waals surface area contributed by atoms with Crippen molar-refractivity contribution in [1.82, 2.24) is 10.6 Å². The number of hydrogen-bond acceptors (Lipinski definition) is 2. The Kier molecular flexibility index (Phi) is 6.52. The van der Waals surface area contributed by atoms with E-state index in [4.69, 9.17) is 23.2 Å². The van der Waals surface area contributed by atoms with E-state index in [2.05, 4.69) is 17.6 Å². The molecule has 0 saturated carbocycles. The average molecular weight is 342 g/mol. The Morgan fingerprint density at radius 1 is 1.40 bits per heavy atom. The Balaban J connectivity index is 0.00000200. The zero-order valence-corrected chi connectivity index (χ0v) is 13.2. The highest BCUT2D eigenvalue weighted by molar-refractivity contribution is 6.36. The van der Waals surface area contributed by atoms with Crippen LogP contribution in [0.25, 0.3) is 0 Å². The molecule has 2 atom stereocenters. The molecule has 1 aromatic carbocycles. The first kappa shape index (κ1) is 17.5. The lowest BCUT2D eigenvalue weighted by atomic mass is 10.0. The maximum Gasteiger partial charge on any atom is 0.253 e. The highest BCUT2D eigenvalue weighted by Crippen LogP contribution is 2.24. The van der Waals surface area contributed by atoms with Crippen molar-refractivity contribution >= 4 is 41.5 Å². The Morgan fingerprint density at radius 3 is 2.75 bits per heavy atom. The fourth-order valence-electron chi connectivity index (χ4n) is 2.22. The monoisotopic (exact) mass is 340 g/mol. The Hall–Kier alpha value is -0.550. The van der Waals surface area contributed by atoms with Crippen LogP contribution >= 0.6 is 35.6 Å². The van der Waals surface area contributed by atoms with Gasteiger partial charge >= 0.3 is 0 Å². The number of piperidine rings is 1. The van der Waals surface area contributed by atoms with Gasteiger partial charge in [-0.05, 0) is 38.4 Å². The largest absolute Gasteiger partial charge is 0.349 e. The van der Waals surface area contributed by atoms with Crippen LogP contribution < -0.4 is 10.6 Å². The van der Waals surface area contributed by atoms with Crippen LogP contribution in [-0.4, -0.2) is 24.5 Å². The molecule has 2 rings (SSSR count). The van der Waals surface area contributed by atoms with Gasteiger partial charge in [0.05, 0.1) is 15.6 Å². The first-order valence-electron chi connectivity index (χ1n) is 6.16. The highest BCUT2D eigenvalue weighted by atomic mass is 35.5. The summed E-state index contributed by atoms with van der Waals surface area (Å²) in [5.74, 6) is -1.01. The Labute approximate surface area is 133 Å². The predicted octanol–water partition coefficient (Wildman–Crippen LogP) is 3.42. The number of nitrogens with one attached hydrogen (secondary N) is 2. The third-order valence-electron chi connectivity index (χ3n) is 3.21. The molecule has 0 spiro atoms. The van der Waals surface area contributed by atoms with Crippen LogP contribution in [0.15, 0.2) is 12.1 Å². The first-order chi connectivity index (χ1) is 8.97. The summed E-state index contributed by atoms with van der Waals surface area (Å²) in [6, 6.07) is 2.76. The van der Waals surface area contributed by atoms with Crippen molar-refractivity contribution in [3.8, 4) is 0 Å². The van der Waals surface area contributed by atoms with Crippen molar-refractivity contribution in [2.24, 2.45) is 0 Å². The quantitative estimate of drug-likeness (QED) is 0.809. The lowest BCUT2D eigenvalue weighted by Crippen LogP contribution is -2.46. The van der Waals surface area contributed by atoms with Gasteiger partial charge in [-0.15, -0.1) is 12.4 Å². The smallest absolute Gasteiger partial charge is 0.253 e. The molecule has 0 aromatic heterocycles. The number of carbonyl (C=O) groups is 1. The lowest BCUT2D eigenvalue weighted by molar-refractivity contribution is 0.0925. The minimum absolute atomic E-state index is 0. The number of carbonyl (C=O) groups excluding carboxylic acids is 1. The topological polar surface area (TPSA) is 41.1 Å². The second kappa shape index (κ2) is 7.46. The van der Waals surface area contributed by atoms with Gasteiger partial charge in [0, 0.05) is 12.1 Å². The van der Waals surface area contributed by atoms with E-state index in [1.807, 2.05) is 0 Å². The fraction of sp³-hybridized carbons (Fsp3) is 0.462. The van der Waals surface area contributed by atoms with Gasteiger partial charge in [0.25, 0.3) is 5.91 Å². The van der Waals surface area contributed by atoms with Crippen LogP contribution in [-0.2, 0) is 0 Å². The summed E-state index contributed by atoms with van der Waals surface area (Å²) in [6.07, 6.45) is 1.70. The van der Waals surface area contributed by atoms with Crippen molar-refractivity contribution in [3.63, 3.8) is 0 Å². The molecule has 7 heteroatoms. The molecule has 1 aliphatic rings. The van der Waals surface area contributed by atoms with Gasteiger partial charge in [0.15, 0.2) is 0 Å². The molecular weight excluding hydrogens is 326 g/mol. The molecule has 1 heterocycles. The maximum atomic E-state index is 13.4. The summed E-state index contributed by atoms with van der Waals surface area (Å²) >= 11 is 11.5. The van der Waals surface area contributed by atoms with Crippen LogP contribution in [0.4, 0.5) is 4.39 Å². The van der Waals surface area contributed by atoms with Crippen LogP contribution in [0, 0.1) is 5.82 Å². The molecule has 0 radical (unpaired) electrons. The van der Waals surface area contributed by atoms with Gasteiger partial charge in [-0.25, -0.2) is 4.39 Å². The van der Waals surface area contributed by atoms with Gasteiger partial charge in [-0.3, -0.25) is 4.79 Å². The molecule has 1 amide bonds.